The number of aromatic nitrogens is 1. The zero-order valence-corrected chi connectivity index (χ0v) is 27.3. The summed E-state index contributed by atoms with van der Waals surface area (Å²) >= 11 is 0. The van der Waals surface area contributed by atoms with Gasteiger partial charge in [-0.2, -0.15) is 0 Å². The van der Waals surface area contributed by atoms with Gasteiger partial charge in [0.25, 0.3) is 0 Å². The molecule has 0 N–H and O–H groups in total. The fourth-order valence-corrected chi connectivity index (χ4v) is 7.81. The standard InChI is InChI=1S/C46H36N2/c1-46(2)42-20-12-10-18-38(42)39-28-26-37(31-43(39)46)47(35-24-22-33(23-25-35)32-14-6-5-7-15-32)36-27-29-45-41(30-36)40-19-11-13-21-44(40)48(45)34-16-8-3-4-9-17-34/h3,5-31H,4H2,1-2H3. The van der Waals surface area contributed by atoms with Gasteiger partial charge in [0.15, 0.2) is 0 Å². The third-order valence-electron chi connectivity index (χ3n) is 10.2. The topological polar surface area (TPSA) is 8.17 Å². The average molecular weight is 617 g/mol. The molecule has 2 aliphatic carbocycles. The van der Waals surface area contributed by atoms with Crippen LogP contribution in [0, 0.1) is 0 Å². The van der Waals surface area contributed by atoms with E-state index in [-0.39, 0.29) is 5.41 Å². The summed E-state index contributed by atoms with van der Waals surface area (Å²) in [4.78, 5) is 2.42. The number of fused-ring (bicyclic) bond motifs is 6. The highest BCUT2D eigenvalue weighted by atomic mass is 15.1. The summed E-state index contributed by atoms with van der Waals surface area (Å²) in [6.45, 7) is 4.71. The van der Waals surface area contributed by atoms with E-state index < -0.39 is 0 Å². The second-order valence-corrected chi connectivity index (χ2v) is 13.4. The Kier molecular flexibility index (Phi) is 6.58. The summed E-state index contributed by atoms with van der Waals surface area (Å²) in [5.74, 6) is 0. The van der Waals surface area contributed by atoms with Crippen LogP contribution in [0.1, 0.15) is 31.4 Å². The van der Waals surface area contributed by atoms with Gasteiger partial charge in [-0.15, -0.1) is 0 Å². The van der Waals surface area contributed by atoms with Gasteiger partial charge < -0.3 is 9.47 Å². The van der Waals surface area contributed by atoms with E-state index in [4.69, 9.17) is 0 Å². The highest BCUT2D eigenvalue weighted by Gasteiger charge is 2.35. The van der Waals surface area contributed by atoms with E-state index in [9.17, 15) is 0 Å². The van der Waals surface area contributed by atoms with Crippen LogP contribution in [0.4, 0.5) is 17.1 Å². The lowest BCUT2D eigenvalue weighted by Gasteiger charge is -2.28. The zero-order valence-electron chi connectivity index (χ0n) is 27.3. The van der Waals surface area contributed by atoms with Crippen molar-refractivity contribution in [2.24, 2.45) is 0 Å². The van der Waals surface area contributed by atoms with E-state index >= 15 is 0 Å². The molecule has 0 saturated carbocycles. The Bertz CT molecular complexity index is 2440. The van der Waals surface area contributed by atoms with Crippen LogP contribution < -0.4 is 4.90 Å². The molecule has 230 valence electrons. The highest BCUT2D eigenvalue weighted by Crippen LogP contribution is 2.51. The maximum Gasteiger partial charge on any atom is 0.0542 e. The van der Waals surface area contributed by atoms with Crippen molar-refractivity contribution in [3.05, 3.63) is 181 Å². The first kappa shape index (κ1) is 28.4. The van der Waals surface area contributed by atoms with Gasteiger partial charge in [-0.1, -0.05) is 123 Å². The highest BCUT2D eigenvalue weighted by molar-refractivity contribution is 6.12. The number of para-hydroxylation sites is 1. The first-order valence-electron chi connectivity index (χ1n) is 16.8. The average Bonchev–Trinajstić information content (AvgIpc) is 3.39. The molecule has 6 aromatic carbocycles. The van der Waals surface area contributed by atoms with Crippen molar-refractivity contribution < 1.29 is 0 Å². The minimum atomic E-state index is -0.0868. The van der Waals surface area contributed by atoms with Crippen LogP contribution in [0.25, 0.3) is 49.8 Å². The van der Waals surface area contributed by atoms with Crippen LogP contribution >= 0.6 is 0 Å². The Morgan fingerprint density at radius 1 is 0.542 bits per heavy atom. The summed E-state index contributed by atoms with van der Waals surface area (Å²) in [5.41, 5.74) is 14.8. The van der Waals surface area contributed by atoms with Crippen LogP contribution in [0.5, 0.6) is 0 Å². The number of anilines is 3. The molecule has 0 saturated heterocycles. The molecule has 0 bridgehead atoms. The predicted molar refractivity (Wildman–Crippen MR) is 204 cm³/mol. The number of rotatable bonds is 5. The van der Waals surface area contributed by atoms with E-state index in [1.165, 1.54) is 60.9 Å². The van der Waals surface area contributed by atoms with E-state index in [0.717, 1.165) is 23.5 Å². The summed E-state index contributed by atoms with van der Waals surface area (Å²) in [6.07, 6.45) is 12.0. The number of allylic oxidation sites excluding steroid dienone is 6. The molecule has 0 amide bonds. The largest absolute Gasteiger partial charge is 0.310 e. The molecule has 2 nitrogen and oxygen atoms in total. The van der Waals surface area contributed by atoms with Crippen LogP contribution in [-0.2, 0) is 5.41 Å². The fraction of sp³-hybridized carbons (Fsp3) is 0.0870. The quantitative estimate of drug-likeness (QED) is 0.187. The Labute approximate surface area is 282 Å². The van der Waals surface area contributed by atoms with Crippen molar-refractivity contribution in [1.29, 1.82) is 0 Å². The molecule has 7 aromatic rings. The molecule has 0 atom stereocenters. The molecule has 9 rings (SSSR count). The minimum absolute atomic E-state index is 0.0868. The molecule has 2 heteroatoms. The van der Waals surface area contributed by atoms with Gasteiger partial charge in [0.1, 0.15) is 0 Å². The number of benzene rings is 6. The summed E-state index contributed by atoms with van der Waals surface area (Å²) < 4.78 is 2.40. The first-order chi connectivity index (χ1) is 23.6. The second kappa shape index (κ2) is 11.1. The van der Waals surface area contributed by atoms with E-state index in [1.807, 2.05) is 0 Å². The normalized spacial score (nSPS) is 14.5. The molecule has 1 aromatic heterocycles. The maximum absolute atomic E-state index is 2.42. The van der Waals surface area contributed by atoms with Crippen molar-refractivity contribution in [1.82, 2.24) is 4.57 Å². The Morgan fingerprint density at radius 3 is 2.08 bits per heavy atom. The molecule has 0 radical (unpaired) electrons. The van der Waals surface area contributed by atoms with Gasteiger partial charge in [0, 0.05) is 38.9 Å². The molecule has 1 heterocycles. The van der Waals surface area contributed by atoms with Crippen molar-refractivity contribution in [2.45, 2.75) is 25.7 Å². The van der Waals surface area contributed by atoms with E-state index in [2.05, 4.69) is 193 Å². The molecule has 2 aliphatic rings. The Hall–Kier alpha value is -5.86. The lowest BCUT2D eigenvalue weighted by molar-refractivity contribution is 0.660. The van der Waals surface area contributed by atoms with Gasteiger partial charge >= 0.3 is 0 Å². The van der Waals surface area contributed by atoms with Crippen molar-refractivity contribution in [3.63, 3.8) is 0 Å². The number of hydrogen-bond acceptors (Lipinski definition) is 1. The Balaban J connectivity index is 1.24. The smallest absolute Gasteiger partial charge is 0.0542 e. The Morgan fingerprint density at radius 2 is 1.21 bits per heavy atom. The van der Waals surface area contributed by atoms with Crippen LogP contribution in [0.2, 0.25) is 0 Å². The van der Waals surface area contributed by atoms with Gasteiger partial charge in [0.05, 0.1) is 11.0 Å². The predicted octanol–water partition coefficient (Wildman–Crippen LogP) is 12.6. The summed E-state index contributed by atoms with van der Waals surface area (Å²) in [6, 6.07) is 51.3. The van der Waals surface area contributed by atoms with Crippen LogP contribution in [0.15, 0.2) is 170 Å². The monoisotopic (exact) mass is 616 g/mol. The van der Waals surface area contributed by atoms with Gasteiger partial charge in [-0.05, 0) is 100 Å². The van der Waals surface area contributed by atoms with Crippen molar-refractivity contribution >= 4 is 44.6 Å². The van der Waals surface area contributed by atoms with Crippen molar-refractivity contribution in [2.75, 3.05) is 4.90 Å². The van der Waals surface area contributed by atoms with Gasteiger partial charge in [-0.25, -0.2) is 0 Å². The lowest BCUT2D eigenvalue weighted by Crippen LogP contribution is -2.16. The summed E-state index contributed by atoms with van der Waals surface area (Å²) in [5, 5.41) is 2.49. The molecular formula is C46H36N2. The van der Waals surface area contributed by atoms with Crippen LogP contribution in [0.3, 0.4) is 0 Å². The lowest BCUT2D eigenvalue weighted by atomic mass is 9.82. The molecule has 48 heavy (non-hydrogen) atoms. The summed E-state index contributed by atoms with van der Waals surface area (Å²) in [7, 11) is 0. The SMILES string of the molecule is CC1(C)c2ccccc2-c2ccc(N(c3ccc(-c4ccccc4)cc3)c3ccc4c(c3)c3ccccc3n4C3=CC=CCC=C3)cc21. The molecule has 0 unspecified atom stereocenters. The third kappa shape index (κ3) is 4.48. The third-order valence-corrected chi connectivity index (χ3v) is 10.2. The van der Waals surface area contributed by atoms with Crippen LogP contribution in [-0.4, -0.2) is 4.57 Å². The number of hydrogen-bond donors (Lipinski definition) is 0. The fourth-order valence-electron chi connectivity index (χ4n) is 7.81. The van der Waals surface area contributed by atoms with E-state index in [1.54, 1.807) is 0 Å². The first-order valence-corrected chi connectivity index (χ1v) is 16.8. The molecule has 0 fully saturated rings. The zero-order chi connectivity index (χ0) is 32.2. The van der Waals surface area contributed by atoms with Gasteiger partial charge in [-0.3, -0.25) is 0 Å². The second-order valence-electron chi connectivity index (χ2n) is 13.4. The minimum Gasteiger partial charge on any atom is -0.310 e. The molecular weight excluding hydrogens is 581 g/mol. The maximum atomic E-state index is 2.42. The van der Waals surface area contributed by atoms with Crippen molar-refractivity contribution in [3.8, 4) is 22.3 Å². The molecule has 0 aliphatic heterocycles. The van der Waals surface area contributed by atoms with Gasteiger partial charge in [0.2, 0.25) is 0 Å². The molecule has 0 spiro atoms. The van der Waals surface area contributed by atoms with E-state index in [0.29, 0.717) is 0 Å². The number of nitrogens with zero attached hydrogens (tertiary/aromatic N) is 2.